The second kappa shape index (κ2) is 7.91. The molecule has 1 fully saturated rings. The molecule has 1 aliphatic heterocycles. The van der Waals surface area contributed by atoms with Gasteiger partial charge in [-0.3, -0.25) is 19.7 Å². The summed E-state index contributed by atoms with van der Waals surface area (Å²) in [7, 11) is 0. The summed E-state index contributed by atoms with van der Waals surface area (Å²) in [6.07, 6.45) is 1.46. The molecular weight excluding hydrogens is 400 g/mol. The van der Waals surface area contributed by atoms with Gasteiger partial charge >= 0.3 is 0 Å². The van der Waals surface area contributed by atoms with E-state index >= 15 is 0 Å². The molecule has 1 amide bonds. The average Bonchev–Trinajstić information content (AvgIpc) is 3.36. The minimum Gasteiger partial charge on any atom is -0.507 e. The van der Waals surface area contributed by atoms with Crippen molar-refractivity contribution < 1.29 is 24.0 Å². The van der Waals surface area contributed by atoms with Crippen molar-refractivity contribution >= 4 is 23.1 Å². The van der Waals surface area contributed by atoms with Crippen molar-refractivity contribution in [2.24, 2.45) is 0 Å². The van der Waals surface area contributed by atoms with E-state index in [9.17, 15) is 24.8 Å². The number of rotatable bonds is 5. The lowest BCUT2D eigenvalue weighted by Gasteiger charge is -2.24. The molecule has 8 heteroatoms. The number of amides is 1. The summed E-state index contributed by atoms with van der Waals surface area (Å²) in [6.45, 7) is 1.90. The summed E-state index contributed by atoms with van der Waals surface area (Å²) in [5, 5.41) is 22.0. The maximum absolute atomic E-state index is 12.9. The highest BCUT2D eigenvalue weighted by Crippen LogP contribution is 2.40. The van der Waals surface area contributed by atoms with Gasteiger partial charge in [0, 0.05) is 17.7 Å². The number of hydrogen-bond acceptors (Lipinski definition) is 6. The lowest BCUT2D eigenvalue weighted by Crippen LogP contribution is -2.29. The first-order valence-corrected chi connectivity index (χ1v) is 9.49. The maximum atomic E-state index is 12.9. The summed E-state index contributed by atoms with van der Waals surface area (Å²) in [5.41, 5.74) is 1.64. The molecule has 1 saturated heterocycles. The Morgan fingerprint density at radius 3 is 2.35 bits per heavy atom. The van der Waals surface area contributed by atoms with Crippen molar-refractivity contribution in [2.45, 2.75) is 19.5 Å². The molecule has 1 N–H and O–H groups in total. The van der Waals surface area contributed by atoms with Crippen molar-refractivity contribution in [3.05, 3.63) is 105 Å². The molecule has 0 saturated carbocycles. The SMILES string of the molecule is Cc1ccc(/C(O)=C2\C(=O)C(=O)N(Cc3ccco3)[C@H]2c2ccc([N+](=O)[O-])cc2)cc1. The van der Waals surface area contributed by atoms with Crippen LogP contribution in [0.25, 0.3) is 5.76 Å². The molecule has 0 aliphatic carbocycles. The molecule has 3 aromatic rings. The highest BCUT2D eigenvalue weighted by atomic mass is 16.6. The second-order valence-corrected chi connectivity index (χ2v) is 7.22. The lowest BCUT2D eigenvalue weighted by molar-refractivity contribution is -0.384. The van der Waals surface area contributed by atoms with Crippen molar-refractivity contribution in [2.75, 3.05) is 0 Å². The zero-order valence-corrected chi connectivity index (χ0v) is 16.5. The Labute approximate surface area is 177 Å². The van der Waals surface area contributed by atoms with Crippen LogP contribution in [0.4, 0.5) is 5.69 Å². The van der Waals surface area contributed by atoms with E-state index < -0.39 is 22.7 Å². The highest BCUT2D eigenvalue weighted by molar-refractivity contribution is 6.46. The molecule has 156 valence electrons. The van der Waals surface area contributed by atoms with Crippen LogP contribution >= 0.6 is 0 Å². The molecule has 0 radical (unpaired) electrons. The van der Waals surface area contributed by atoms with E-state index in [0.29, 0.717) is 16.9 Å². The predicted molar refractivity (Wildman–Crippen MR) is 111 cm³/mol. The summed E-state index contributed by atoms with van der Waals surface area (Å²) in [5.74, 6) is -1.45. The van der Waals surface area contributed by atoms with Crippen molar-refractivity contribution in [3.8, 4) is 0 Å². The van der Waals surface area contributed by atoms with Crippen molar-refractivity contribution in [1.29, 1.82) is 0 Å². The Bertz CT molecular complexity index is 1180. The van der Waals surface area contributed by atoms with Crippen LogP contribution < -0.4 is 0 Å². The number of benzene rings is 2. The zero-order valence-electron chi connectivity index (χ0n) is 16.5. The van der Waals surface area contributed by atoms with Gasteiger partial charge in [-0.2, -0.15) is 0 Å². The van der Waals surface area contributed by atoms with E-state index in [0.717, 1.165) is 5.56 Å². The Morgan fingerprint density at radius 2 is 1.77 bits per heavy atom. The van der Waals surface area contributed by atoms with Gasteiger partial charge in [0.05, 0.1) is 29.3 Å². The van der Waals surface area contributed by atoms with Gasteiger partial charge in [0.15, 0.2) is 0 Å². The lowest BCUT2D eigenvalue weighted by atomic mass is 9.95. The number of Topliss-reactive ketones (excluding diaryl/α,β-unsaturated/α-hetero) is 1. The quantitative estimate of drug-likeness (QED) is 0.219. The maximum Gasteiger partial charge on any atom is 0.296 e. The molecule has 31 heavy (non-hydrogen) atoms. The van der Waals surface area contributed by atoms with Crippen LogP contribution in [0, 0.1) is 17.0 Å². The van der Waals surface area contributed by atoms with E-state index in [2.05, 4.69) is 0 Å². The first-order valence-electron chi connectivity index (χ1n) is 9.49. The number of hydrogen-bond donors (Lipinski definition) is 1. The van der Waals surface area contributed by atoms with Gasteiger partial charge in [0.1, 0.15) is 11.5 Å². The minimum absolute atomic E-state index is 0.00387. The molecule has 0 unspecified atom stereocenters. The zero-order chi connectivity index (χ0) is 22.1. The number of carbonyl (C=O) groups is 2. The van der Waals surface area contributed by atoms with Crippen LogP contribution in [0.15, 0.2) is 76.9 Å². The number of nitrogens with zero attached hydrogens (tertiary/aromatic N) is 2. The normalized spacial score (nSPS) is 17.8. The average molecular weight is 418 g/mol. The third kappa shape index (κ3) is 3.71. The summed E-state index contributed by atoms with van der Waals surface area (Å²) in [4.78, 5) is 37.6. The number of ketones is 1. The van der Waals surface area contributed by atoms with Crippen LogP contribution in [-0.4, -0.2) is 26.6 Å². The number of nitro benzene ring substituents is 1. The fraction of sp³-hybridized carbons (Fsp3) is 0.130. The number of nitro groups is 1. The monoisotopic (exact) mass is 418 g/mol. The minimum atomic E-state index is -0.924. The Hall–Kier alpha value is -4.20. The van der Waals surface area contributed by atoms with Gasteiger partial charge in [0.25, 0.3) is 17.4 Å². The molecule has 0 bridgehead atoms. The fourth-order valence-electron chi connectivity index (χ4n) is 3.61. The first kappa shape index (κ1) is 20.1. The van der Waals surface area contributed by atoms with Crippen LogP contribution in [0.2, 0.25) is 0 Å². The van der Waals surface area contributed by atoms with Crippen LogP contribution in [0.1, 0.15) is 28.5 Å². The largest absolute Gasteiger partial charge is 0.507 e. The third-order valence-corrected chi connectivity index (χ3v) is 5.19. The summed E-state index contributed by atoms with van der Waals surface area (Å²) in [6, 6.07) is 14.9. The first-order chi connectivity index (χ1) is 14.9. The molecule has 1 aliphatic rings. The molecule has 2 heterocycles. The van der Waals surface area contributed by atoms with Crippen LogP contribution in [0.3, 0.4) is 0 Å². The number of carbonyl (C=O) groups excluding carboxylic acids is 2. The van der Waals surface area contributed by atoms with E-state index in [-0.39, 0.29) is 23.6 Å². The molecule has 0 spiro atoms. The standard InChI is InChI=1S/C23H18N2O6/c1-14-4-6-16(7-5-14)21(26)19-20(15-8-10-17(11-9-15)25(29)30)24(23(28)22(19)27)13-18-3-2-12-31-18/h2-12,20,26H,13H2,1H3/b21-19+/t20-/m0/s1. The van der Waals surface area contributed by atoms with Gasteiger partial charge in [-0.15, -0.1) is 0 Å². The van der Waals surface area contributed by atoms with Gasteiger partial charge in [-0.25, -0.2) is 0 Å². The number of likely N-dealkylation sites (tertiary alicyclic amines) is 1. The van der Waals surface area contributed by atoms with E-state index in [1.807, 2.05) is 6.92 Å². The van der Waals surface area contributed by atoms with Gasteiger partial charge < -0.3 is 14.4 Å². The molecule has 8 nitrogen and oxygen atoms in total. The van der Waals surface area contributed by atoms with Gasteiger partial charge in [0.2, 0.25) is 0 Å². The van der Waals surface area contributed by atoms with Crippen LogP contribution in [-0.2, 0) is 16.1 Å². The molecule has 4 rings (SSSR count). The molecule has 1 aromatic heterocycles. The van der Waals surface area contributed by atoms with Crippen molar-refractivity contribution in [3.63, 3.8) is 0 Å². The Kier molecular flexibility index (Phi) is 5.12. The molecule has 2 aromatic carbocycles. The summed E-state index contributed by atoms with van der Waals surface area (Å²) < 4.78 is 5.33. The van der Waals surface area contributed by atoms with E-state index in [1.165, 1.54) is 35.4 Å². The third-order valence-electron chi connectivity index (χ3n) is 5.19. The molecular formula is C23H18N2O6. The molecule has 1 atom stereocenters. The number of non-ortho nitro benzene ring substituents is 1. The van der Waals surface area contributed by atoms with Gasteiger partial charge in [-0.05, 0) is 36.8 Å². The topological polar surface area (TPSA) is 114 Å². The van der Waals surface area contributed by atoms with Gasteiger partial charge in [-0.1, -0.05) is 29.8 Å². The van der Waals surface area contributed by atoms with Crippen LogP contribution in [0.5, 0.6) is 0 Å². The van der Waals surface area contributed by atoms with E-state index in [1.54, 1.807) is 36.4 Å². The van der Waals surface area contributed by atoms with E-state index in [4.69, 9.17) is 4.42 Å². The fourth-order valence-corrected chi connectivity index (χ4v) is 3.61. The Balaban J connectivity index is 1.85. The number of aliphatic hydroxyl groups excluding tert-OH is 1. The number of furan rings is 1. The predicted octanol–water partition coefficient (Wildman–Crippen LogP) is 4.12. The summed E-state index contributed by atoms with van der Waals surface area (Å²) >= 11 is 0. The Morgan fingerprint density at radius 1 is 1.10 bits per heavy atom. The van der Waals surface area contributed by atoms with Crippen molar-refractivity contribution in [1.82, 2.24) is 4.90 Å². The second-order valence-electron chi connectivity index (χ2n) is 7.22. The number of aliphatic hydroxyl groups is 1. The highest BCUT2D eigenvalue weighted by Gasteiger charge is 2.46. The smallest absolute Gasteiger partial charge is 0.296 e. The number of aryl methyl sites for hydroxylation is 1.